The lowest BCUT2D eigenvalue weighted by atomic mass is 10.1. The zero-order chi connectivity index (χ0) is 21.8. The molecule has 0 radical (unpaired) electrons. The van der Waals surface area contributed by atoms with Gasteiger partial charge in [0.05, 0.1) is 0 Å². The molecule has 1 aromatic heterocycles. The van der Waals surface area contributed by atoms with Gasteiger partial charge in [0.2, 0.25) is 5.89 Å². The number of nitrogens with zero attached hydrogens (tertiary/aromatic N) is 1. The van der Waals surface area contributed by atoms with Crippen LogP contribution in [0.5, 0.6) is 5.75 Å². The highest BCUT2D eigenvalue weighted by molar-refractivity contribution is 6.05. The molecule has 0 saturated carbocycles. The van der Waals surface area contributed by atoms with Crippen molar-refractivity contribution in [3.05, 3.63) is 101 Å². The van der Waals surface area contributed by atoms with Gasteiger partial charge in [0.25, 0.3) is 5.91 Å². The molecule has 0 aliphatic carbocycles. The van der Waals surface area contributed by atoms with Gasteiger partial charge in [0, 0.05) is 16.8 Å². The fraction of sp³-hybridized carbons (Fsp3) is 0.154. The quantitative estimate of drug-likeness (QED) is 0.416. The topological polar surface area (TPSA) is 64.4 Å². The van der Waals surface area contributed by atoms with Crippen LogP contribution in [0.3, 0.4) is 0 Å². The first-order valence-corrected chi connectivity index (χ1v) is 10.1. The van der Waals surface area contributed by atoms with E-state index in [0.29, 0.717) is 23.8 Å². The Morgan fingerprint density at radius 3 is 2.26 bits per heavy atom. The highest BCUT2D eigenvalue weighted by atomic mass is 16.5. The fourth-order valence-electron chi connectivity index (χ4n) is 3.32. The maximum Gasteiger partial charge on any atom is 0.255 e. The van der Waals surface area contributed by atoms with E-state index in [1.165, 1.54) is 0 Å². The van der Waals surface area contributed by atoms with Crippen molar-refractivity contribution in [1.29, 1.82) is 0 Å². The third kappa shape index (κ3) is 4.67. The van der Waals surface area contributed by atoms with E-state index in [-0.39, 0.29) is 5.91 Å². The molecule has 0 aliphatic heterocycles. The Balaban J connectivity index is 1.46. The predicted molar refractivity (Wildman–Crippen MR) is 121 cm³/mol. The first-order chi connectivity index (χ1) is 15.0. The largest absolute Gasteiger partial charge is 0.487 e. The number of aromatic nitrogens is 1. The molecular formula is C26H24N2O3. The van der Waals surface area contributed by atoms with Gasteiger partial charge in [-0.25, -0.2) is 4.98 Å². The van der Waals surface area contributed by atoms with Crippen molar-refractivity contribution < 1.29 is 13.9 Å². The fourth-order valence-corrected chi connectivity index (χ4v) is 3.32. The minimum atomic E-state index is -0.149. The van der Waals surface area contributed by atoms with E-state index in [0.717, 1.165) is 33.8 Å². The van der Waals surface area contributed by atoms with Crippen LogP contribution in [-0.4, -0.2) is 10.9 Å². The Kier molecular flexibility index (Phi) is 5.85. The van der Waals surface area contributed by atoms with Crippen molar-refractivity contribution in [2.24, 2.45) is 0 Å². The summed E-state index contributed by atoms with van der Waals surface area (Å²) < 4.78 is 11.6. The lowest BCUT2D eigenvalue weighted by Crippen LogP contribution is -2.13. The SMILES string of the molecule is Cc1cccc(C)c1NC(=O)c1ccc(-c2nc(COc3ccccc3)c(C)o2)cc1. The van der Waals surface area contributed by atoms with Crippen LogP contribution in [0.4, 0.5) is 5.69 Å². The number of benzene rings is 3. The molecule has 0 spiro atoms. The average Bonchev–Trinajstić information content (AvgIpc) is 3.16. The van der Waals surface area contributed by atoms with Crippen molar-refractivity contribution >= 4 is 11.6 Å². The molecule has 5 heteroatoms. The Morgan fingerprint density at radius 1 is 0.903 bits per heavy atom. The minimum Gasteiger partial charge on any atom is -0.487 e. The van der Waals surface area contributed by atoms with Crippen LogP contribution in [0.1, 0.15) is 32.9 Å². The van der Waals surface area contributed by atoms with Gasteiger partial charge in [0.15, 0.2) is 0 Å². The monoisotopic (exact) mass is 412 g/mol. The van der Waals surface area contributed by atoms with Crippen LogP contribution in [0.25, 0.3) is 11.5 Å². The molecule has 0 aliphatic rings. The Morgan fingerprint density at radius 2 is 1.58 bits per heavy atom. The second kappa shape index (κ2) is 8.88. The number of nitrogens with one attached hydrogen (secondary N) is 1. The molecule has 1 heterocycles. The summed E-state index contributed by atoms with van der Waals surface area (Å²) in [5.41, 5.74) is 5.04. The van der Waals surface area contributed by atoms with E-state index in [2.05, 4.69) is 10.3 Å². The maximum absolute atomic E-state index is 12.7. The summed E-state index contributed by atoms with van der Waals surface area (Å²) in [6.07, 6.45) is 0. The molecule has 1 N–H and O–H groups in total. The van der Waals surface area contributed by atoms with E-state index in [1.54, 1.807) is 12.1 Å². The predicted octanol–water partition coefficient (Wildman–Crippen LogP) is 6.10. The van der Waals surface area contributed by atoms with Crippen LogP contribution in [0, 0.1) is 20.8 Å². The van der Waals surface area contributed by atoms with Gasteiger partial charge in [-0.05, 0) is 68.3 Å². The van der Waals surface area contributed by atoms with Gasteiger partial charge in [0.1, 0.15) is 23.8 Å². The third-order valence-corrected chi connectivity index (χ3v) is 5.13. The Bertz CT molecular complexity index is 1180. The van der Waals surface area contributed by atoms with Crippen LogP contribution >= 0.6 is 0 Å². The number of carbonyl (C=O) groups excluding carboxylic acids is 1. The van der Waals surface area contributed by atoms with E-state index in [1.807, 2.05) is 81.4 Å². The number of oxazole rings is 1. The molecule has 4 aromatic rings. The number of anilines is 1. The van der Waals surface area contributed by atoms with Crippen molar-refractivity contribution in [3.8, 4) is 17.2 Å². The number of hydrogen-bond acceptors (Lipinski definition) is 4. The average molecular weight is 412 g/mol. The normalized spacial score (nSPS) is 10.7. The summed E-state index contributed by atoms with van der Waals surface area (Å²) in [7, 11) is 0. The summed E-state index contributed by atoms with van der Waals surface area (Å²) in [4.78, 5) is 17.2. The molecule has 0 saturated heterocycles. The number of amides is 1. The Labute approximate surface area is 181 Å². The highest BCUT2D eigenvalue weighted by Gasteiger charge is 2.14. The summed E-state index contributed by atoms with van der Waals surface area (Å²) in [5, 5.41) is 3.01. The zero-order valence-corrected chi connectivity index (χ0v) is 17.8. The lowest BCUT2D eigenvalue weighted by molar-refractivity contribution is 0.102. The number of rotatable bonds is 6. The summed E-state index contributed by atoms with van der Waals surface area (Å²) in [6.45, 7) is 6.16. The molecule has 0 bridgehead atoms. The number of para-hydroxylation sites is 2. The number of hydrogen-bond donors (Lipinski definition) is 1. The van der Waals surface area contributed by atoms with Gasteiger partial charge in [-0.1, -0.05) is 36.4 Å². The van der Waals surface area contributed by atoms with Crippen molar-refractivity contribution in [2.75, 3.05) is 5.32 Å². The van der Waals surface area contributed by atoms with E-state index < -0.39 is 0 Å². The van der Waals surface area contributed by atoms with Gasteiger partial charge in [-0.2, -0.15) is 0 Å². The molecule has 156 valence electrons. The van der Waals surface area contributed by atoms with Crippen molar-refractivity contribution in [2.45, 2.75) is 27.4 Å². The third-order valence-electron chi connectivity index (χ3n) is 5.13. The molecule has 31 heavy (non-hydrogen) atoms. The molecule has 1 amide bonds. The first-order valence-electron chi connectivity index (χ1n) is 10.1. The van der Waals surface area contributed by atoms with E-state index in [4.69, 9.17) is 9.15 Å². The summed E-state index contributed by atoms with van der Waals surface area (Å²) >= 11 is 0. The second-order valence-corrected chi connectivity index (χ2v) is 7.42. The smallest absolute Gasteiger partial charge is 0.255 e. The van der Waals surface area contributed by atoms with Crippen LogP contribution in [0.15, 0.2) is 77.2 Å². The van der Waals surface area contributed by atoms with Gasteiger partial charge in [-0.3, -0.25) is 4.79 Å². The molecule has 0 fully saturated rings. The highest BCUT2D eigenvalue weighted by Crippen LogP contribution is 2.24. The number of carbonyl (C=O) groups is 1. The van der Waals surface area contributed by atoms with E-state index in [9.17, 15) is 4.79 Å². The molecule has 3 aromatic carbocycles. The number of aryl methyl sites for hydroxylation is 3. The van der Waals surface area contributed by atoms with Gasteiger partial charge in [-0.15, -0.1) is 0 Å². The molecule has 5 nitrogen and oxygen atoms in total. The minimum absolute atomic E-state index is 0.149. The summed E-state index contributed by atoms with van der Waals surface area (Å²) in [6, 6.07) is 22.8. The van der Waals surface area contributed by atoms with E-state index >= 15 is 0 Å². The lowest BCUT2D eigenvalue weighted by Gasteiger charge is -2.11. The van der Waals surface area contributed by atoms with Gasteiger partial charge >= 0.3 is 0 Å². The second-order valence-electron chi connectivity index (χ2n) is 7.42. The Hall–Kier alpha value is -3.86. The molecule has 0 atom stereocenters. The molecular weight excluding hydrogens is 388 g/mol. The van der Waals surface area contributed by atoms with Crippen LogP contribution < -0.4 is 10.1 Å². The first kappa shape index (κ1) is 20.4. The summed E-state index contributed by atoms with van der Waals surface area (Å²) in [5.74, 6) is 1.85. The molecule has 0 unspecified atom stereocenters. The number of ether oxygens (including phenoxy) is 1. The standard InChI is InChI=1S/C26H24N2O3/c1-17-8-7-9-18(2)24(17)28-25(29)20-12-14-21(15-13-20)26-27-23(19(3)31-26)16-30-22-10-5-4-6-11-22/h4-15H,16H2,1-3H3,(H,28,29). The van der Waals surface area contributed by atoms with Crippen molar-refractivity contribution in [1.82, 2.24) is 4.98 Å². The van der Waals surface area contributed by atoms with Gasteiger partial charge < -0.3 is 14.5 Å². The zero-order valence-electron chi connectivity index (χ0n) is 17.8. The van der Waals surface area contributed by atoms with Crippen LogP contribution in [-0.2, 0) is 6.61 Å². The van der Waals surface area contributed by atoms with Crippen LogP contribution in [0.2, 0.25) is 0 Å². The van der Waals surface area contributed by atoms with Crippen molar-refractivity contribution in [3.63, 3.8) is 0 Å². The molecule has 4 rings (SSSR count). The maximum atomic E-state index is 12.7.